The molecule has 2 aromatic rings. The number of carbonyl (C=O) groups is 2. The second kappa shape index (κ2) is 9.05. The van der Waals surface area contributed by atoms with Crippen LogP contribution < -0.4 is 10.6 Å². The lowest BCUT2D eigenvalue weighted by Crippen LogP contribution is -2.32. The van der Waals surface area contributed by atoms with Gasteiger partial charge in [-0.2, -0.15) is 0 Å². The summed E-state index contributed by atoms with van der Waals surface area (Å²) in [6.07, 6.45) is 4.31. The summed E-state index contributed by atoms with van der Waals surface area (Å²) in [6, 6.07) is 15.2. The average molecular weight is 379 g/mol. The van der Waals surface area contributed by atoms with Crippen molar-refractivity contribution in [1.29, 1.82) is 0 Å². The standard InChI is InChI=1S/C24H30N2O2/c1-16-12-14-19(15-13-16)18(3)25-24(28)21-10-6-7-11-22(21)26-23(27)20-9-5-4-8-17(20)2/h6-7,10-15,17-18,20H,4-5,8-9H2,1-3H3,(H,25,28)(H,26,27). The van der Waals surface area contributed by atoms with Crippen LogP contribution in [0.2, 0.25) is 0 Å². The van der Waals surface area contributed by atoms with Crippen LogP contribution in [-0.4, -0.2) is 11.8 Å². The van der Waals surface area contributed by atoms with Gasteiger partial charge in [0.1, 0.15) is 0 Å². The zero-order chi connectivity index (χ0) is 20.1. The van der Waals surface area contributed by atoms with Crippen LogP contribution in [-0.2, 0) is 4.79 Å². The van der Waals surface area contributed by atoms with Crippen LogP contribution in [0, 0.1) is 18.8 Å². The first-order valence-electron chi connectivity index (χ1n) is 10.2. The van der Waals surface area contributed by atoms with Gasteiger partial charge in [0.15, 0.2) is 0 Å². The van der Waals surface area contributed by atoms with Gasteiger partial charge in [-0.05, 0) is 50.3 Å². The minimum atomic E-state index is -0.180. The molecule has 1 aliphatic carbocycles. The predicted octanol–water partition coefficient (Wildman–Crippen LogP) is 5.25. The van der Waals surface area contributed by atoms with Crippen molar-refractivity contribution in [1.82, 2.24) is 5.32 Å². The number of carbonyl (C=O) groups excluding carboxylic acids is 2. The minimum absolute atomic E-state index is 0.0244. The molecule has 4 heteroatoms. The molecule has 1 fully saturated rings. The first-order chi connectivity index (χ1) is 13.5. The van der Waals surface area contributed by atoms with E-state index in [-0.39, 0.29) is 23.8 Å². The van der Waals surface area contributed by atoms with Gasteiger partial charge in [0.25, 0.3) is 5.91 Å². The lowest BCUT2D eigenvalue weighted by atomic mass is 9.80. The Hall–Kier alpha value is -2.62. The van der Waals surface area contributed by atoms with Gasteiger partial charge in [-0.25, -0.2) is 0 Å². The Labute approximate surface area is 167 Å². The van der Waals surface area contributed by atoms with Crippen LogP contribution in [0.15, 0.2) is 48.5 Å². The third-order valence-corrected chi connectivity index (χ3v) is 5.80. The van der Waals surface area contributed by atoms with E-state index in [1.54, 1.807) is 12.1 Å². The number of rotatable bonds is 5. The van der Waals surface area contributed by atoms with Crippen LogP contribution in [0.4, 0.5) is 5.69 Å². The molecule has 0 bridgehead atoms. The van der Waals surface area contributed by atoms with Gasteiger partial charge in [0.05, 0.1) is 17.3 Å². The summed E-state index contributed by atoms with van der Waals surface area (Å²) in [7, 11) is 0. The molecular weight excluding hydrogens is 348 g/mol. The Bertz CT molecular complexity index is 829. The van der Waals surface area contributed by atoms with E-state index in [9.17, 15) is 9.59 Å². The van der Waals surface area contributed by atoms with Crippen molar-refractivity contribution in [3.63, 3.8) is 0 Å². The minimum Gasteiger partial charge on any atom is -0.345 e. The van der Waals surface area contributed by atoms with Crippen molar-refractivity contribution in [2.24, 2.45) is 11.8 Å². The molecule has 3 rings (SSSR count). The average Bonchev–Trinajstić information content (AvgIpc) is 2.69. The van der Waals surface area contributed by atoms with Gasteiger partial charge in [-0.15, -0.1) is 0 Å². The van der Waals surface area contributed by atoms with E-state index in [1.807, 2.05) is 50.2 Å². The molecule has 0 saturated heterocycles. The summed E-state index contributed by atoms with van der Waals surface area (Å²) >= 11 is 0. The SMILES string of the molecule is Cc1ccc(C(C)NC(=O)c2ccccc2NC(=O)C2CCCCC2C)cc1. The molecular formula is C24H30N2O2. The highest BCUT2D eigenvalue weighted by Crippen LogP contribution is 2.31. The summed E-state index contributed by atoms with van der Waals surface area (Å²) in [5, 5.41) is 6.06. The van der Waals surface area contributed by atoms with Crippen LogP contribution in [0.5, 0.6) is 0 Å². The van der Waals surface area contributed by atoms with Gasteiger partial charge in [-0.3, -0.25) is 9.59 Å². The van der Waals surface area contributed by atoms with E-state index in [4.69, 9.17) is 0 Å². The van der Waals surface area contributed by atoms with Gasteiger partial charge in [0.2, 0.25) is 5.91 Å². The van der Waals surface area contributed by atoms with Gasteiger partial charge < -0.3 is 10.6 Å². The molecule has 1 aliphatic rings. The maximum Gasteiger partial charge on any atom is 0.253 e. The Morgan fingerprint density at radius 2 is 1.68 bits per heavy atom. The fourth-order valence-corrected chi connectivity index (χ4v) is 3.93. The smallest absolute Gasteiger partial charge is 0.253 e. The maximum atomic E-state index is 12.9. The number of benzene rings is 2. The van der Waals surface area contributed by atoms with E-state index in [1.165, 1.54) is 12.0 Å². The van der Waals surface area contributed by atoms with Gasteiger partial charge >= 0.3 is 0 Å². The van der Waals surface area contributed by atoms with Crippen molar-refractivity contribution in [3.8, 4) is 0 Å². The van der Waals surface area contributed by atoms with Crippen molar-refractivity contribution >= 4 is 17.5 Å². The summed E-state index contributed by atoms with van der Waals surface area (Å²) in [4.78, 5) is 25.7. The first-order valence-corrected chi connectivity index (χ1v) is 10.2. The van der Waals surface area contributed by atoms with Crippen LogP contribution >= 0.6 is 0 Å². The van der Waals surface area contributed by atoms with E-state index in [0.29, 0.717) is 17.2 Å². The molecule has 3 atom stereocenters. The Morgan fingerprint density at radius 1 is 1.00 bits per heavy atom. The molecule has 28 heavy (non-hydrogen) atoms. The molecule has 2 N–H and O–H groups in total. The van der Waals surface area contributed by atoms with E-state index in [2.05, 4.69) is 17.6 Å². The first kappa shape index (κ1) is 20.1. The number of hydrogen-bond acceptors (Lipinski definition) is 2. The second-order valence-electron chi connectivity index (χ2n) is 8.01. The molecule has 3 unspecified atom stereocenters. The number of anilines is 1. The number of nitrogens with one attached hydrogen (secondary N) is 2. The van der Waals surface area contributed by atoms with E-state index >= 15 is 0 Å². The molecule has 2 amide bonds. The summed E-state index contributed by atoms with van der Waals surface area (Å²) in [5.41, 5.74) is 3.32. The highest BCUT2D eigenvalue weighted by atomic mass is 16.2. The molecule has 148 valence electrons. The maximum absolute atomic E-state index is 12.9. The fourth-order valence-electron chi connectivity index (χ4n) is 3.93. The molecule has 0 aromatic heterocycles. The Morgan fingerprint density at radius 3 is 2.39 bits per heavy atom. The highest BCUT2D eigenvalue weighted by molar-refractivity contribution is 6.04. The predicted molar refractivity (Wildman–Crippen MR) is 113 cm³/mol. The molecule has 1 saturated carbocycles. The molecule has 0 spiro atoms. The van der Waals surface area contributed by atoms with E-state index < -0.39 is 0 Å². The monoisotopic (exact) mass is 378 g/mol. The van der Waals surface area contributed by atoms with Crippen molar-refractivity contribution in [2.75, 3.05) is 5.32 Å². The number of hydrogen-bond donors (Lipinski definition) is 2. The number of para-hydroxylation sites is 1. The number of aryl methyl sites for hydroxylation is 1. The molecule has 0 aliphatic heterocycles. The zero-order valence-electron chi connectivity index (χ0n) is 17.0. The largest absolute Gasteiger partial charge is 0.345 e. The topological polar surface area (TPSA) is 58.2 Å². The normalized spacial score (nSPS) is 20.2. The molecule has 0 heterocycles. The van der Waals surface area contributed by atoms with Crippen LogP contribution in [0.1, 0.15) is 67.1 Å². The summed E-state index contributed by atoms with van der Waals surface area (Å²) < 4.78 is 0. The summed E-state index contributed by atoms with van der Waals surface area (Å²) in [5.74, 6) is 0.257. The van der Waals surface area contributed by atoms with Crippen molar-refractivity contribution < 1.29 is 9.59 Å². The molecule has 0 radical (unpaired) electrons. The summed E-state index contributed by atoms with van der Waals surface area (Å²) in [6.45, 7) is 6.15. The third-order valence-electron chi connectivity index (χ3n) is 5.80. The molecule has 4 nitrogen and oxygen atoms in total. The zero-order valence-corrected chi connectivity index (χ0v) is 17.0. The lowest BCUT2D eigenvalue weighted by molar-refractivity contribution is -0.122. The lowest BCUT2D eigenvalue weighted by Gasteiger charge is -2.28. The van der Waals surface area contributed by atoms with Gasteiger partial charge in [0, 0.05) is 5.92 Å². The fraction of sp³-hybridized carbons (Fsp3) is 0.417. The third kappa shape index (κ3) is 4.80. The Balaban J connectivity index is 1.71. The molecule has 2 aromatic carbocycles. The van der Waals surface area contributed by atoms with Crippen LogP contribution in [0.25, 0.3) is 0 Å². The van der Waals surface area contributed by atoms with Crippen molar-refractivity contribution in [3.05, 3.63) is 65.2 Å². The van der Waals surface area contributed by atoms with Crippen molar-refractivity contribution in [2.45, 2.75) is 52.5 Å². The van der Waals surface area contributed by atoms with Gasteiger partial charge in [-0.1, -0.05) is 61.7 Å². The highest BCUT2D eigenvalue weighted by Gasteiger charge is 2.28. The quantitative estimate of drug-likeness (QED) is 0.746. The number of amides is 2. The van der Waals surface area contributed by atoms with Crippen LogP contribution in [0.3, 0.4) is 0 Å². The Kier molecular flexibility index (Phi) is 6.50. The van der Waals surface area contributed by atoms with E-state index in [0.717, 1.165) is 24.8 Å². The second-order valence-corrected chi connectivity index (χ2v) is 8.01.